The van der Waals surface area contributed by atoms with Crippen molar-refractivity contribution < 1.29 is 28.7 Å². The Balaban J connectivity index is 1.50. The minimum absolute atomic E-state index is 0.143. The minimum atomic E-state index is -0.748. The fourth-order valence-electron chi connectivity index (χ4n) is 3.56. The zero-order chi connectivity index (χ0) is 26.7. The highest BCUT2D eigenvalue weighted by atomic mass is 35.5. The van der Waals surface area contributed by atoms with Gasteiger partial charge in [-0.2, -0.15) is 0 Å². The van der Waals surface area contributed by atoms with Crippen molar-refractivity contribution in [1.82, 2.24) is 0 Å². The molecule has 2 N–H and O–H groups in total. The maximum atomic E-state index is 13.0. The van der Waals surface area contributed by atoms with E-state index in [0.29, 0.717) is 27.7 Å². The Morgan fingerprint density at radius 2 is 1.59 bits per heavy atom. The Labute approximate surface area is 221 Å². The van der Waals surface area contributed by atoms with Crippen LogP contribution >= 0.6 is 23.2 Å². The molecule has 1 heterocycles. The van der Waals surface area contributed by atoms with Crippen molar-refractivity contribution in [3.63, 3.8) is 0 Å². The fourth-order valence-corrected chi connectivity index (χ4v) is 3.94. The van der Waals surface area contributed by atoms with Gasteiger partial charge in [0.05, 0.1) is 31.2 Å². The number of esters is 1. The number of hydrogen-bond acceptors (Lipinski definition) is 7. The smallest absolute Gasteiger partial charge is 0.337 e. The molecule has 1 aliphatic heterocycles. The van der Waals surface area contributed by atoms with Gasteiger partial charge in [0.2, 0.25) is 0 Å². The topological polar surface area (TPSA) is 114 Å². The van der Waals surface area contributed by atoms with E-state index in [1.807, 2.05) is 0 Å². The summed E-state index contributed by atoms with van der Waals surface area (Å²) in [6.45, 7) is 0. The highest BCUT2D eigenvalue weighted by Crippen LogP contribution is 2.31. The summed E-state index contributed by atoms with van der Waals surface area (Å²) in [6.07, 6.45) is 0. The van der Waals surface area contributed by atoms with E-state index in [4.69, 9.17) is 27.9 Å². The van der Waals surface area contributed by atoms with Crippen molar-refractivity contribution in [2.45, 2.75) is 0 Å². The molecule has 0 atom stereocenters. The molecule has 3 amide bonds. The number of halogens is 2. The molecule has 0 aromatic heterocycles. The van der Waals surface area contributed by atoms with E-state index in [0.717, 1.165) is 4.90 Å². The van der Waals surface area contributed by atoms with E-state index in [9.17, 15) is 19.2 Å². The van der Waals surface area contributed by atoms with Gasteiger partial charge in [-0.15, -0.1) is 0 Å². The number of benzene rings is 3. The maximum Gasteiger partial charge on any atom is 0.337 e. The van der Waals surface area contributed by atoms with Crippen LogP contribution in [-0.4, -0.2) is 37.9 Å². The lowest BCUT2D eigenvalue weighted by atomic mass is 10.1. The molecule has 0 spiro atoms. The predicted octanol–water partition coefficient (Wildman–Crippen LogP) is 4.82. The number of methoxy groups -OCH3 is 2. The molecule has 0 saturated heterocycles. The van der Waals surface area contributed by atoms with Crippen LogP contribution in [0.3, 0.4) is 0 Å². The summed E-state index contributed by atoms with van der Waals surface area (Å²) >= 11 is 12.2. The molecule has 0 fully saturated rings. The van der Waals surface area contributed by atoms with Gasteiger partial charge in [-0.3, -0.25) is 14.4 Å². The summed E-state index contributed by atoms with van der Waals surface area (Å²) in [7, 11) is 2.70. The number of imide groups is 1. The highest BCUT2D eigenvalue weighted by molar-refractivity contribution is 6.53. The van der Waals surface area contributed by atoms with Gasteiger partial charge in [0.25, 0.3) is 17.7 Å². The first-order valence-electron chi connectivity index (χ1n) is 10.7. The number of amides is 3. The van der Waals surface area contributed by atoms with Crippen molar-refractivity contribution >= 4 is 64.0 Å². The van der Waals surface area contributed by atoms with Gasteiger partial charge >= 0.3 is 5.97 Å². The van der Waals surface area contributed by atoms with Crippen molar-refractivity contribution in [1.29, 1.82) is 0 Å². The summed E-state index contributed by atoms with van der Waals surface area (Å²) in [5.41, 5.74) is 1.33. The van der Waals surface area contributed by atoms with Gasteiger partial charge in [-0.1, -0.05) is 29.3 Å². The minimum Gasteiger partial charge on any atom is -0.495 e. The molecule has 4 rings (SSSR count). The SMILES string of the molecule is COC(=O)c1cccc(N2C(=O)C(Cl)=C(Nc3ccc(C(=O)Nc4cc(Cl)ccc4OC)cc3)C2=O)c1. The number of nitrogens with zero attached hydrogens (tertiary/aromatic N) is 1. The third-order valence-corrected chi connectivity index (χ3v) is 5.96. The Hall–Kier alpha value is -4.34. The van der Waals surface area contributed by atoms with Gasteiger partial charge in [0, 0.05) is 16.3 Å². The number of nitrogens with one attached hydrogen (secondary N) is 2. The summed E-state index contributed by atoms with van der Waals surface area (Å²) in [6, 6.07) is 16.9. The molecular formula is C26H19Cl2N3O6. The summed E-state index contributed by atoms with van der Waals surface area (Å²) in [5.74, 6) is -2.03. The number of ether oxygens (including phenoxy) is 2. The first kappa shape index (κ1) is 25.7. The largest absolute Gasteiger partial charge is 0.495 e. The van der Waals surface area contributed by atoms with Crippen LogP contribution in [0.4, 0.5) is 17.1 Å². The molecule has 0 unspecified atom stereocenters. The monoisotopic (exact) mass is 539 g/mol. The fraction of sp³-hybridized carbons (Fsp3) is 0.0769. The van der Waals surface area contributed by atoms with Crippen LogP contribution in [-0.2, 0) is 14.3 Å². The molecule has 3 aromatic carbocycles. The Morgan fingerprint density at radius 3 is 2.27 bits per heavy atom. The van der Waals surface area contributed by atoms with Crippen molar-refractivity contribution in [2.75, 3.05) is 29.8 Å². The second-order valence-electron chi connectivity index (χ2n) is 7.68. The molecule has 188 valence electrons. The van der Waals surface area contributed by atoms with Crippen LogP contribution < -0.4 is 20.3 Å². The van der Waals surface area contributed by atoms with Gasteiger partial charge in [0.1, 0.15) is 16.5 Å². The standard InChI is InChI=1S/C26H19Cl2N3O6/c1-36-20-11-8-16(27)13-19(20)30-23(32)14-6-9-17(10-7-14)29-22-21(28)24(33)31(25(22)34)18-5-3-4-15(12-18)26(35)37-2/h3-13,29H,1-2H3,(H,30,32). The average molecular weight is 540 g/mol. The molecule has 0 aliphatic carbocycles. The van der Waals surface area contributed by atoms with Crippen LogP contribution in [0.25, 0.3) is 0 Å². The van der Waals surface area contributed by atoms with Crippen LogP contribution in [0, 0.1) is 0 Å². The molecule has 0 bridgehead atoms. The molecule has 1 aliphatic rings. The molecular weight excluding hydrogens is 521 g/mol. The van der Waals surface area contributed by atoms with Crippen LogP contribution in [0.5, 0.6) is 5.75 Å². The van der Waals surface area contributed by atoms with Crippen molar-refractivity contribution in [3.05, 3.63) is 93.6 Å². The second-order valence-corrected chi connectivity index (χ2v) is 8.49. The van der Waals surface area contributed by atoms with Crippen LogP contribution in [0.15, 0.2) is 77.5 Å². The van der Waals surface area contributed by atoms with Gasteiger partial charge in [0.15, 0.2) is 0 Å². The maximum absolute atomic E-state index is 13.0. The number of carbonyl (C=O) groups excluding carboxylic acids is 4. The molecule has 9 nitrogen and oxygen atoms in total. The third-order valence-electron chi connectivity index (χ3n) is 5.38. The lowest BCUT2D eigenvalue weighted by Crippen LogP contribution is -2.32. The molecule has 37 heavy (non-hydrogen) atoms. The lowest BCUT2D eigenvalue weighted by molar-refractivity contribution is -0.120. The molecule has 0 saturated carbocycles. The van der Waals surface area contributed by atoms with E-state index in [-0.39, 0.29) is 22.0 Å². The second kappa shape index (κ2) is 10.7. The normalized spacial score (nSPS) is 13.0. The van der Waals surface area contributed by atoms with Crippen molar-refractivity contribution in [2.24, 2.45) is 0 Å². The van der Waals surface area contributed by atoms with E-state index in [1.54, 1.807) is 30.3 Å². The van der Waals surface area contributed by atoms with E-state index in [1.165, 1.54) is 50.6 Å². The quantitative estimate of drug-likeness (QED) is 0.326. The van der Waals surface area contributed by atoms with Crippen LogP contribution in [0.2, 0.25) is 5.02 Å². The highest BCUT2D eigenvalue weighted by Gasteiger charge is 2.39. The Kier molecular flexibility index (Phi) is 7.47. The Morgan fingerprint density at radius 1 is 0.865 bits per heavy atom. The van der Waals surface area contributed by atoms with Gasteiger partial charge in [-0.25, -0.2) is 9.69 Å². The van der Waals surface area contributed by atoms with E-state index >= 15 is 0 Å². The number of rotatable bonds is 7. The third kappa shape index (κ3) is 5.28. The lowest BCUT2D eigenvalue weighted by Gasteiger charge is -2.16. The first-order valence-corrected chi connectivity index (χ1v) is 11.5. The first-order chi connectivity index (χ1) is 17.7. The van der Waals surface area contributed by atoms with E-state index in [2.05, 4.69) is 15.4 Å². The molecule has 3 aromatic rings. The zero-order valence-electron chi connectivity index (χ0n) is 19.5. The molecule has 0 radical (unpaired) electrons. The van der Waals surface area contributed by atoms with E-state index < -0.39 is 23.7 Å². The van der Waals surface area contributed by atoms with Crippen molar-refractivity contribution in [3.8, 4) is 5.75 Å². The predicted molar refractivity (Wildman–Crippen MR) is 139 cm³/mol. The summed E-state index contributed by atoms with van der Waals surface area (Å²) in [5, 5.41) is 5.69. The van der Waals surface area contributed by atoms with Crippen LogP contribution in [0.1, 0.15) is 20.7 Å². The average Bonchev–Trinajstić information content (AvgIpc) is 3.11. The number of hydrogen-bond donors (Lipinski definition) is 2. The zero-order valence-corrected chi connectivity index (χ0v) is 21.0. The molecule has 11 heteroatoms. The summed E-state index contributed by atoms with van der Waals surface area (Å²) < 4.78 is 9.93. The Bertz CT molecular complexity index is 1450. The number of carbonyl (C=O) groups is 4. The van der Waals surface area contributed by atoms with Gasteiger partial charge < -0.3 is 20.1 Å². The number of anilines is 3. The summed E-state index contributed by atoms with van der Waals surface area (Å²) in [4.78, 5) is 51.2. The van der Waals surface area contributed by atoms with Gasteiger partial charge in [-0.05, 0) is 60.7 Å².